The van der Waals surface area contributed by atoms with Gasteiger partial charge in [0, 0.05) is 58.2 Å². The summed E-state index contributed by atoms with van der Waals surface area (Å²) < 4.78 is 11.9. The Kier molecular flexibility index (Phi) is 8.34. The Morgan fingerprint density at radius 1 is 1.17 bits per heavy atom. The highest BCUT2D eigenvalue weighted by atomic mass is 35.5. The molecular formula is C24H28ClN7O4. The van der Waals surface area contributed by atoms with Gasteiger partial charge in [0.1, 0.15) is 29.7 Å². The summed E-state index contributed by atoms with van der Waals surface area (Å²) in [5.41, 5.74) is 0.953. The van der Waals surface area contributed by atoms with Crippen molar-refractivity contribution >= 4 is 29.2 Å². The third-order valence-electron chi connectivity index (χ3n) is 5.87. The number of methoxy groups -OCH3 is 2. The fourth-order valence-electron chi connectivity index (χ4n) is 4.04. The summed E-state index contributed by atoms with van der Waals surface area (Å²) in [5, 5.41) is 3.23. The molecule has 1 unspecified atom stereocenters. The smallest absolute Gasteiger partial charge is 0.248 e. The molecule has 1 N–H and O–H groups in total. The van der Waals surface area contributed by atoms with Crippen LogP contribution in [-0.4, -0.2) is 82.7 Å². The lowest BCUT2D eigenvalue weighted by Gasteiger charge is -2.42. The van der Waals surface area contributed by atoms with E-state index in [1.807, 2.05) is 29.2 Å². The predicted octanol–water partition coefficient (Wildman–Crippen LogP) is 1.69. The molecule has 12 heteroatoms. The molecule has 4 rings (SSSR count). The van der Waals surface area contributed by atoms with Gasteiger partial charge in [-0.1, -0.05) is 23.7 Å². The van der Waals surface area contributed by atoms with E-state index in [2.05, 4.69) is 20.3 Å². The van der Waals surface area contributed by atoms with E-state index in [4.69, 9.17) is 21.1 Å². The van der Waals surface area contributed by atoms with Gasteiger partial charge in [0.05, 0.1) is 13.2 Å². The Bertz CT molecular complexity index is 1170. The van der Waals surface area contributed by atoms with E-state index >= 15 is 0 Å². The van der Waals surface area contributed by atoms with Crippen LogP contribution >= 0.6 is 11.6 Å². The number of anilines is 1. The number of nitrogens with zero attached hydrogens (tertiary/aromatic N) is 6. The summed E-state index contributed by atoms with van der Waals surface area (Å²) in [5.74, 6) is 1.43. The van der Waals surface area contributed by atoms with Gasteiger partial charge in [-0.25, -0.2) is 9.97 Å². The molecule has 11 nitrogen and oxygen atoms in total. The van der Waals surface area contributed by atoms with Crippen LogP contribution in [0.15, 0.2) is 49.1 Å². The zero-order valence-electron chi connectivity index (χ0n) is 20.1. The summed E-state index contributed by atoms with van der Waals surface area (Å²) >= 11 is 6.32. The van der Waals surface area contributed by atoms with Gasteiger partial charge in [-0.2, -0.15) is 4.98 Å². The van der Waals surface area contributed by atoms with Crippen molar-refractivity contribution < 1.29 is 19.1 Å². The molecule has 2 aromatic heterocycles. The third kappa shape index (κ3) is 6.29. The van der Waals surface area contributed by atoms with E-state index in [-0.39, 0.29) is 36.0 Å². The van der Waals surface area contributed by atoms with Gasteiger partial charge in [-0.05, 0) is 17.7 Å². The number of benzene rings is 1. The number of hydrogen-bond acceptors (Lipinski definition) is 8. The Morgan fingerprint density at radius 3 is 2.67 bits per heavy atom. The zero-order chi connectivity index (χ0) is 25.5. The van der Waals surface area contributed by atoms with Gasteiger partial charge in [0.2, 0.25) is 17.8 Å². The lowest BCUT2D eigenvalue weighted by molar-refractivity contribution is -0.136. The molecule has 1 atom stereocenters. The van der Waals surface area contributed by atoms with E-state index < -0.39 is 0 Å². The number of carbonyl (C=O) groups excluding carboxylic acids is 2. The van der Waals surface area contributed by atoms with E-state index in [1.54, 1.807) is 41.4 Å². The summed E-state index contributed by atoms with van der Waals surface area (Å²) in [6.07, 6.45) is 5.09. The highest BCUT2D eigenvalue weighted by Crippen LogP contribution is 2.24. The number of hydrogen-bond donors (Lipinski definition) is 1. The summed E-state index contributed by atoms with van der Waals surface area (Å²) in [4.78, 5) is 42.1. The molecule has 1 aliphatic rings. The molecule has 0 radical (unpaired) electrons. The monoisotopic (exact) mass is 513 g/mol. The quantitative estimate of drug-likeness (QED) is 0.430. The third-order valence-corrected chi connectivity index (χ3v) is 6.07. The molecule has 36 heavy (non-hydrogen) atoms. The first-order valence-corrected chi connectivity index (χ1v) is 11.8. The van der Waals surface area contributed by atoms with Crippen LogP contribution in [0.3, 0.4) is 0 Å². The zero-order valence-corrected chi connectivity index (χ0v) is 20.9. The normalized spacial score (nSPS) is 15.6. The van der Waals surface area contributed by atoms with Crippen LogP contribution in [0.5, 0.6) is 5.75 Å². The number of rotatable bonds is 9. The molecular weight excluding hydrogens is 486 g/mol. The molecule has 3 heterocycles. The molecule has 0 saturated carbocycles. The number of imidazole rings is 1. The first kappa shape index (κ1) is 25.4. The van der Waals surface area contributed by atoms with Gasteiger partial charge < -0.3 is 24.6 Å². The Morgan fingerprint density at radius 2 is 1.97 bits per heavy atom. The maximum Gasteiger partial charge on any atom is 0.248 e. The molecule has 3 aromatic rings. The molecule has 2 amide bonds. The van der Waals surface area contributed by atoms with Crippen LogP contribution in [0.25, 0.3) is 5.95 Å². The van der Waals surface area contributed by atoms with E-state index in [1.165, 1.54) is 7.11 Å². The molecule has 1 fully saturated rings. The van der Waals surface area contributed by atoms with Crippen LogP contribution < -0.4 is 15.0 Å². The van der Waals surface area contributed by atoms with Crippen molar-refractivity contribution in [1.82, 2.24) is 29.7 Å². The minimum atomic E-state index is -0.322. The minimum Gasteiger partial charge on any atom is -0.497 e. The lowest BCUT2D eigenvalue weighted by atomic mass is 10.1. The number of ether oxygens (including phenoxy) is 2. The number of amides is 2. The molecule has 0 aliphatic carbocycles. The van der Waals surface area contributed by atoms with Crippen LogP contribution in [0.2, 0.25) is 5.15 Å². The van der Waals surface area contributed by atoms with Crippen LogP contribution in [-0.2, 0) is 20.9 Å². The van der Waals surface area contributed by atoms with Gasteiger partial charge >= 0.3 is 0 Å². The molecule has 1 aliphatic heterocycles. The standard InChI is InChI=1S/C24H28ClN7O4/c1-35-15-23(34)30-9-10-32(21-12-20(25)28-24(29-21)31-8-7-26-16-31)18(14-30)11-22(33)27-13-17-3-5-19(36-2)6-4-17/h3-8,12,16,18H,9-11,13-15H2,1-2H3,(H,27,33). The van der Waals surface area contributed by atoms with Crippen LogP contribution in [0.1, 0.15) is 12.0 Å². The molecule has 1 saturated heterocycles. The molecule has 190 valence electrons. The van der Waals surface area contributed by atoms with Crippen molar-refractivity contribution in [3.05, 3.63) is 59.8 Å². The summed E-state index contributed by atoms with van der Waals surface area (Å²) in [7, 11) is 3.09. The van der Waals surface area contributed by atoms with Gasteiger partial charge in [0.15, 0.2) is 0 Å². The van der Waals surface area contributed by atoms with Crippen molar-refractivity contribution in [1.29, 1.82) is 0 Å². The van der Waals surface area contributed by atoms with Crippen molar-refractivity contribution in [2.45, 2.75) is 19.0 Å². The first-order valence-electron chi connectivity index (χ1n) is 11.4. The SMILES string of the molecule is COCC(=O)N1CCN(c2cc(Cl)nc(-n3ccnc3)n2)C(CC(=O)NCc2ccc(OC)cc2)C1. The number of piperazine rings is 1. The number of carbonyl (C=O) groups is 2. The first-order chi connectivity index (χ1) is 17.5. The minimum absolute atomic E-state index is 0.0134. The topological polar surface area (TPSA) is 115 Å². The summed E-state index contributed by atoms with van der Waals surface area (Å²) in [6.45, 7) is 1.66. The Labute approximate surface area is 214 Å². The molecule has 1 aromatic carbocycles. The van der Waals surface area contributed by atoms with Crippen LogP contribution in [0, 0.1) is 0 Å². The van der Waals surface area contributed by atoms with Gasteiger partial charge in [-0.15, -0.1) is 0 Å². The Hall–Kier alpha value is -3.70. The maximum absolute atomic E-state index is 12.9. The second kappa shape index (κ2) is 11.8. The second-order valence-electron chi connectivity index (χ2n) is 8.27. The number of nitrogens with one attached hydrogen (secondary N) is 1. The second-order valence-corrected chi connectivity index (χ2v) is 8.65. The van der Waals surface area contributed by atoms with E-state index in [0.717, 1.165) is 11.3 Å². The van der Waals surface area contributed by atoms with Crippen molar-refractivity contribution in [3.63, 3.8) is 0 Å². The van der Waals surface area contributed by atoms with Crippen molar-refractivity contribution in [2.75, 3.05) is 45.4 Å². The van der Waals surface area contributed by atoms with Crippen LogP contribution in [0.4, 0.5) is 5.82 Å². The molecule has 0 spiro atoms. The number of aromatic nitrogens is 4. The van der Waals surface area contributed by atoms with E-state index in [9.17, 15) is 9.59 Å². The lowest BCUT2D eigenvalue weighted by Crippen LogP contribution is -2.57. The maximum atomic E-state index is 12.9. The average Bonchev–Trinajstić information content (AvgIpc) is 3.43. The fraction of sp³-hybridized carbons (Fsp3) is 0.375. The number of halogens is 1. The fourth-order valence-corrected chi connectivity index (χ4v) is 4.21. The summed E-state index contributed by atoms with van der Waals surface area (Å²) in [6, 6.07) is 8.84. The Balaban J connectivity index is 1.51. The van der Waals surface area contributed by atoms with Gasteiger partial charge in [-0.3, -0.25) is 14.2 Å². The average molecular weight is 514 g/mol. The van der Waals surface area contributed by atoms with Crippen molar-refractivity contribution in [2.24, 2.45) is 0 Å². The van der Waals surface area contributed by atoms with E-state index in [0.29, 0.717) is 37.9 Å². The predicted molar refractivity (Wildman–Crippen MR) is 133 cm³/mol. The molecule has 0 bridgehead atoms. The largest absolute Gasteiger partial charge is 0.497 e. The van der Waals surface area contributed by atoms with Crippen molar-refractivity contribution in [3.8, 4) is 11.7 Å². The highest BCUT2D eigenvalue weighted by Gasteiger charge is 2.32. The highest BCUT2D eigenvalue weighted by molar-refractivity contribution is 6.29. The van der Waals surface area contributed by atoms with Gasteiger partial charge in [0.25, 0.3) is 0 Å².